The Hall–Kier alpha value is -3.11. The minimum Gasteiger partial charge on any atom is -0.507 e. The Morgan fingerprint density at radius 2 is 1.97 bits per heavy atom. The van der Waals surface area contributed by atoms with Crippen molar-refractivity contribution in [3.05, 3.63) is 53.1 Å². The summed E-state index contributed by atoms with van der Waals surface area (Å²) in [5.41, 5.74) is 3.01. The summed E-state index contributed by atoms with van der Waals surface area (Å²) in [6, 6.07) is 9.90. The molecule has 0 atom stereocenters. The number of amides is 1. The van der Waals surface area contributed by atoms with E-state index in [-0.39, 0.29) is 17.9 Å². The average molecular weight is 450 g/mol. The van der Waals surface area contributed by atoms with Gasteiger partial charge in [0.15, 0.2) is 6.29 Å². The normalized spacial score (nSPS) is 11.1. The number of nitrogens with zero attached hydrogens (tertiary/aromatic N) is 1. The number of sulfonamides is 1. The number of carbonyl (C=O) groups excluding carboxylic acids is 2. The molecule has 9 nitrogen and oxygen atoms in total. The summed E-state index contributed by atoms with van der Waals surface area (Å²) >= 11 is 0. The van der Waals surface area contributed by atoms with E-state index in [4.69, 9.17) is 4.74 Å². The third-order valence-electron chi connectivity index (χ3n) is 4.53. The minimum atomic E-state index is -3.24. The van der Waals surface area contributed by atoms with Gasteiger partial charge in [-0.25, -0.2) is 17.9 Å². The standard InChI is InChI=1S/C21H27N3O6S/c1-4-24(10-9-22-31(3,28)29)18-7-8-19(15(2)11-18)23-21(27)30-14-16-5-6-17(13-25)20(26)12-16/h5-8,11-13,22,26H,4,9-10,14H2,1-3H3,(H,23,27). The van der Waals surface area contributed by atoms with Gasteiger partial charge >= 0.3 is 6.09 Å². The molecule has 1 amide bonds. The highest BCUT2D eigenvalue weighted by Gasteiger charge is 2.11. The lowest BCUT2D eigenvalue weighted by molar-refractivity contribution is 0.112. The van der Waals surface area contributed by atoms with Crippen molar-refractivity contribution in [3.63, 3.8) is 0 Å². The van der Waals surface area contributed by atoms with Gasteiger partial charge in [0.05, 0.1) is 11.8 Å². The number of ether oxygens (including phenoxy) is 1. The lowest BCUT2D eigenvalue weighted by Crippen LogP contribution is -2.34. The summed E-state index contributed by atoms with van der Waals surface area (Å²) in [5, 5.41) is 12.4. The number of aryl methyl sites for hydroxylation is 1. The van der Waals surface area contributed by atoms with Gasteiger partial charge in [0.25, 0.3) is 0 Å². The molecule has 0 saturated heterocycles. The van der Waals surface area contributed by atoms with E-state index in [1.165, 1.54) is 12.1 Å². The Balaban J connectivity index is 1.95. The second-order valence-electron chi connectivity index (χ2n) is 6.96. The van der Waals surface area contributed by atoms with Gasteiger partial charge in [0, 0.05) is 31.0 Å². The van der Waals surface area contributed by atoms with Gasteiger partial charge in [0.2, 0.25) is 10.0 Å². The van der Waals surface area contributed by atoms with E-state index in [1.54, 1.807) is 12.1 Å². The van der Waals surface area contributed by atoms with Gasteiger partial charge in [-0.2, -0.15) is 0 Å². The minimum absolute atomic E-state index is 0.0629. The summed E-state index contributed by atoms with van der Waals surface area (Å²) in [6.07, 6.45) is 1.01. The predicted octanol–water partition coefficient (Wildman–Crippen LogP) is 2.64. The third-order valence-corrected chi connectivity index (χ3v) is 5.26. The topological polar surface area (TPSA) is 125 Å². The molecule has 2 aromatic rings. The Bertz CT molecular complexity index is 1040. The maximum absolute atomic E-state index is 12.1. The molecule has 3 N–H and O–H groups in total. The van der Waals surface area contributed by atoms with Gasteiger partial charge in [-0.3, -0.25) is 10.1 Å². The molecule has 2 rings (SSSR count). The Morgan fingerprint density at radius 1 is 1.23 bits per heavy atom. The molecule has 168 valence electrons. The molecule has 0 saturated carbocycles. The van der Waals surface area contributed by atoms with E-state index in [0.29, 0.717) is 37.2 Å². The van der Waals surface area contributed by atoms with Crippen molar-refractivity contribution in [2.45, 2.75) is 20.5 Å². The van der Waals surface area contributed by atoms with Crippen molar-refractivity contribution < 1.29 is 27.9 Å². The molecular formula is C21H27N3O6S. The second kappa shape index (κ2) is 10.8. The second-order valence-corrected chi connectivity index (χ2v) is 8.79. The molecule has 0 aliphatic rings. The van der Waals surface area contributed by atoms with Gasteiger partial charge in [-0.1, -0.05) is 6.07 Å². The number of likely N-dealkylation sites (N-methyl/N-ethyl adjacent to an activating group) is 1. The van der Waals surface area contributed by atoms with Crippen molar-refractivity contribution in [2.24, 2.45) is 0 Å². The van der Waals surface area contributed by atoms with Crippen LogP contribution in [0.15, 0.2) is 36.4 Å². The van der Waals surface area contributed by atoms with E-state index in [9.17, 15) is 23.1 Å². The maximum Gasteiger partial charge on any atom is 0.411 e. The first-order valence-electron chi connectivity index (χ1n) is 9.64. The Kier molecular flexibility index (Phi) is 8.40. The number of hydrogen-bond donors (Lipinski definition) is 3. The fraction of sp³-hybridized carbons (Fsp3) is 0.333. The molecule has 0 bridgehead atoms. The van der Waals surface area contributed by atoms with Crippen LogP contribution in [0.1, 0.15) is 28.4 Å². The van der Waals surface area contributed by atoms with Crippen LogP contribution in [0.4, 0.5) is 16.2 Å². The fourth-order valence-electron chi connectivity index (χ4n) is 2.89. The number of aldehydes is 1. The molecular weight excluding hydrogens is 422 g/mol. The Morgan fingerprint density at radius 3 is 2.55 bits per heavy atom. The van der Waals surface area contributed by atoms with Gasteiger partial charge in [-0.05, 0) is 55.3 Å². The van der Waals surface area contributed by atoms with Gasteiger partial charge in [0.1, 0.15) is 12.4 Å². The number of anilines is 2. The van der Waals surface area contributed by atoms with Gasteiger partial charge < -0.3 is 14.7 Å². The van der Waals surface area contributed by atoms with E-state index in [0.717, 1.165) is 17.5 Å². The zero-order chi connectivity index (χ0) is 23.0. The molecule has 2 aromatic carbocycles. The molecule has 0 heterocycles. The van der Waals surface area contributed by atoms with Crippen molar-refractivity contribution in [3.8, 4) is 5.75 Å². The highest BCUT2D eigenvalue weighted by Crippen LogP contribution is 2.23. The summed E-state index contributed by atoms with van der Waals surface area (Å²) < 4.78 is 30.1. The summed E-state index contributed by atoms with van der Waals surface area (Å²) in [4.78, 5) is 24.9. The number of phenols is 1. The molecule has 0 fully saturated rings. The molecule has 10 heteroatoms. The van der Waals surface area contributed by atoms with Crippen molar-refractivity contribution in [2.75, 3.05) is 36.1 Å². The lowest BCUT2D eigenvalue weighted by atomic mass is 10.1. The van der Waals surface area contributed by atoms with Crippen LogP contribution in [-0.4, -0.2) is 51.8 Å². The molecule has 31 heavy (non-hydrogen) atoms. The number of aromatic hydroxyl groups is 1. The monoisotopic (exact) mass is 449 g/mol. The van der Waals surface area contributed by atoms with Crippen LogP contribution in [0.3, 0.4) is 0 Å². The molecule has 0 unspecified atom stereocenters. The quantitative estimate of drug-likeness (QED) is 0.476. The third kappa shape index (κ3) is 7.58. The first kappa shape index (κ1) is 24.2. The lowest BCUT2D eigenvalue weighted by Gasteiger charge is -2.24. The number of rotatable bonds is 10. The van der Waals surface area contributed by atoms with Crippen LogP contribution >= 0.6 is 0 Å². The van der Waals surface area contributed by atoms with Crippen molar-refractivity contribution in [1.29, 1.82) is 0 Å². The van der Waals surface area contributed by atoms with E-state index < -0.39 is 16.1 Å². The summed E-state index contributed by atoms with van der Waals surface area (Å²) in [6.45, 7) is 5.24. The predicted molar refractivity (Wildman–Crippen MR) is 119 cm³/mol. The van der Waals surface area contributed by atoms with Crippen LogP contribution in [0.5, 0.6) is 5.75 Å². The first-order chi connectivity index (χ1) is 14.6. The number of nitrogens with one attached hydrogen (secondary N) is 2. The molecule has 0 spiro atoms. The number of phenolic OH excluding ortho intramolecular Hbond substituents is 1. The zero-order valence-corrected chi connectivity index (χ0v) is 18.5. The molecule has 0 radical (unpaired) electrons. The maximum atomic E-state index is 12.1. The summed E-state index contributed by atoms with van der Waals surface area (Å²) in [5.74, 6) is -0.171. The number of hydrogen-bond acceptors (Lipinski definition) is 7. The first-order valence-corrected chi connectivity index (χ1v) is 11.5. The molecule has 0 aliphatic carbocycles. The van der Waals surface area contributed by atoms with Crippen molar-refractivity contribution >= 4 is 33.8 Å². The van der Waals surface area contributed by atoms with E-state index in [1.807, 2.05) is 30.9 Å². The van der Waals surface area contributed by atoms with E-state index in [2.05, 4.69) is 10.0 Å². The van der Waals surface area contributed by atoms with Crippen LogP contribution < -0.4 is 14.9 Å². The van der Waals surface area contributed by atoms with Crippen LogP contribution in [0.25, 0.3) is 0 Å². The molecule has 0 aliphatic heterocycles. The van der Waals surface area contributed by atoms with Crippen LogP contribution in [0, 0.1) is 6.92 Å². The Labute approximate surface area is 182 Å². The zero-order valence-electron chi connectivity index (χ0n) is 17.7. The van der Waals surface area contributed by atoms with Gasteiger partial charge in [-0.15, -0.1) is 0 Å². The summed E-state index contributed by atoms with van der Waals surface area (Å²) in [7, 11) is -3.24. The highest BCUT2D eigenvalue weighted by molar-refractivity contribution is 7.88. The highest BCUT2D eigenvalue weighted by atomic mass is 32.2. The number of carbonyl (C=O) groups is 2. The smallest absolute Gasteiger partial charge is 0.411 e. The molecule has 0 aromatic heterocycles. The van der Waals surface area contributed by atoms with Crippen LogP contribution in [-0.2, 0) is 21.4 Å². The fourth-order valence-corrected chi connectivity index (χ4v) is 3.36. The number of benzene rings is 2. The SMILES string of the molecule is CCN(CCNS(C)(=O)=O)c1ccc(NC(=O)OCc2ccc(C=O)c(O)c2)c(C)c1. The average Bonchev–Trinajstić information content (AvgIpc) is 2.70. The van der Waals surface area contributed by atoms with Crippen molar-refractivity contribution in [1.82, 2.24) is 4.72 Å². The largest absolute Gasteiger partial charge is 0.507 e. The van der Waals surface area contributed by atoms with Crippen LogP contribution in [0.2, 0.25) is 0 Å². The van der Waals surface area contributed by atoms with E-state index >= 15 is 0 Å².